The van der Waals surface area contributed by atoms with Gasteiger partial charge in [-0.05, 0) is 118 Å². The third-order valence-electron chi connectivity index (χ3n) is 20.8. The second kappa shape index (κ2) is 56.9. The number of amides is 11. The molecule has 1 saturated heterocycles. The summed E-state index contributed by atoms with van der Waals surface area (Å²) in [7, 11) is 4.36. The zero-order valence-corrected chi connectivity index (χ0v) is 76.6. The van der Waals surface area contributed by atoms with Crippen LogP contribution in [0.5, 0.6) is 5.75 Å². The number of esters is 1. The number of likely N-dealkylation sites (tertiary alicyclic amines) is 1. The number of hydrazine groups is 1. The number of aromatic hydroxyl groups is 1. The predicted octanol–water partition coefficient (Wildman–Crippen LogP) is 2.83. The number of likely N-dealkylation sites (N-methyl/N-ethyl adjacent to an activating group) is 1. The van der Waals surface area contributed by atoms with Crippen molar-refractivity contribution in [2.75, 3.05) is 51.5 Å². The van der Waals surface area contributed by atoms with E-state index >= 15 is 0 Å². The van der Waals surface area contributed by atoms with Crippen molar-refractivity contribution in [1.29, 1.82) is 0 Å². The largest absolute Gasteiger partial charge is 0.508 e. The van der Waals surface area contributed by atoms with Gasteiger partial charge in [-0.2, -0.15) is 0 Å². The van der Waals surface area contributed by atoms with Crippen LogP contribution in [0.3, 0.4) is 0 Å². The fourth-order valence-corrected chi connectivity index (χ4v) is 16.6. The maximum atomic E-state index is 14.9. The van der Waals surface area contributed by atoms with Crippen LogP contribution in [0.4, 0.5) is 4.79 Å². The number of rotatable bonds is 56. The molecule has 1 aromatic heterocycles. The van der Waals surface area contributed by atoms with Gasteiger partial charge in [-0.25, -0.2) is 24.8 Å². The van der Waals surface area contributed by atoms with E-state index in [-0.39, 0.29) is 117 Å². The Morgan fingerprint density at radius 2 is 1.23 bits per heavy atom. The number of hydrogen-bond acceptors (Lipinski definition) is 27. The van der Waals surface area contributed by atoms with E-state index in [1.54, 1.807) is 86.6 Å². The fraction of sp³-hybridized carbons (Fsp3) is 0.553. The second-order valence-electron chi connectivity index (χ2n) is 31.7. The third-order valence-corrected chi connectivity index (χ3v) is 24.6. The van der Waals surface area contributed by atoms with E-state index < -0.39 is 205 Å². The Labute approximate surface area is 765 Å². The number of nitrogens with one attached hydrogen (secondary N) is 12. The smallest absolute Gasteiger partial charge is 0.426 e. The number of thiazole rings is 1. The lowest BCUT2D eigenvalue weighted by atomic mass is 9.92. The van der Waals surface area contributed by atoms with Crippen molar-refractivity contribution >= 4 is 145 Å². The summed E-state index contributed by atoms with van der Waals surface area (Å²) in [5.74, 6) is -14.2. The van der Waals surface area contributed by atoms with Crippen molar-refractivity contribution in [1.82, 2.24) is 78.8 Å². The van der Waals surface area contributed by atoms with Gasteiger partial charge in [-0.15, -0.1) is 11.3 Å². The molecule has 44 heteroatoms. The molecule has 11 amide bonds. The molecule has 129 heavy (non-hydrogen) atoms. The van der Waals surface area contributed by atoms with Gasteiger partial charge in [0.25, 0.3) is 5.91 Å². The zero-order valence-electron chi connectivity index (χ0n) is 73.4. The van der Waals surface area contributed by atoms with Gasteiger partial charge >= 0.3 is 35.9 Å². The molecule has 710 valence electrons. The topological polar surface area (TPSA) is 603 Å². The molecule has 4 aromatic rings. The SMILES string of the molecule is CCCC(=O)OCN(C(=O)[C@@H](NC(=O)[C@H]1CCCCN1C)C(C)CC)[C@H](C[C@@H](O)c1nc(C(=O)N[C@@H](Cc2ccc(O)cc2)C[C@H](C)C(=O)NNC(=O)OCCSSC[C@H](C)NC(=O)[C@H](CC(=O)O)NC(=O)[C@@H](N)CNC(=O)[C@H](Cc2ccccc2)NC(=O)[C@H](Cc2ccccc2)NC(=O)CCNC(=O)CC[C@H](NC(=S)N[C@@H](CCC(=O)O)C(=O)O)C(=O)O)cs1)C(C)C. The van der Waals surface area contributed by atoms with Crippen LogP contribution in [0.1, 0.15) is 177 Å². The van der Waals surface area contributed by atoms with E-state index in [1.165, 1.54) is 44.0 Å². The summed E-state index contributed by atoms with van der Waals surface area (Å²) in [6, 6.07) is 10.8. The zero-order chi connectivity index (χ0) is 95.4. The first-order valence-corrected chi connectivity index (χ1v) is 46.2. The molecule has 40 nitrogen and oxygen atoms in total. The summed E-state index contributed by atoms with van der Waals surface area (Å²) in [6.07, 6.45) is -1.75. The number of aliphatic hydroxyl groups is 1. The summed E-state index contributed by atoms with van der Waals surface area (Å²) in [5.41, 5.74) is 12.6. The average molecular weight is 1880 g/mol. The highest BCUT2D eigenvalue weighted by atomic mass is 33.1. The summed E-state index contributed by atoms with van der Waals surface area (Å²) in [6.45, 7) is 11.7. The van der Waals surface area contributed by atoms with E-state index in [2.05, 4.69) is 69.0 Å². The Bertz CT molecular complexity index is 4390. The number of phenolic OH excluding ortho intramolecular Hbond substituents is 1. The first-order valence-electron chi connectivity index (χ1n) is 42.5. The highest BCUT2D eigenvalue weighted by molar-refractivity contribution is 8.76. The summed E-state index contributed by atoms with van der Waals surface area (Å²) in [4.78, 5) is 218. The minimum atomic E-state index is -1.65. The van der Waals surface area contributed by atoms with Gasteiger partial charge in [-0.1, -0.05) is 149 Å². The van der Waals surface area contributed by atoms with E-state index in [9.17, 15) is 102 Å². The van der Waals surface area contributed by atoms with Crippen molar-refractivity contribution in [2.24, 2.45) is 23.5 Å². The number of nitrogens with two attached hydrogens (primary N) is 1. The van der Waals surface area contributed by atoms with Crippen LogP contribution in [0, 0.1) is 17.8 Å². The van der Waals surface area contributed by atoms with E-state index in [0.717, 1.165) is 30.7 Å². The molecule has 0 radical (unpaired) electrons. The minimum absolute atomic E-state index is 0.00373. The first kappa shape index (κ1) is 108. The van der Waals surface area contributed by atoms with Gasteiger partial charge in [-0.3, -0.25) is 72.7 Å². The van der Waals surface area contributed by atoms with Gasteiger partial charge in [0.05, 0.1) is 12.5 Å². The molecule has 0 aliphatic carbocycles. The maximum absolute atomic E-state index is 14.9. The highest BCUT2D eigenvalue weighted by Crippen LogP contribution is 2.30. The Morgan fingerprint density at radius 1 is 0.628 bits per heavy atom. The number of piperidine rings is 1. The van der Waals surface area contributed by atoms with Gasteiger partial charge < -0.3 is 104 Å². The molecule has 14 atom stereocenters. The van der Waals surface area contributed by atoms with Crippen LogP contribution in [0.15, 0.2) is 90.3 Å². The maximum Gasteiger partial charge on any atom is 0.426 e. The van der Waals surface area contributed by atoms with Crippen LogP contribution in [-0.2, 0) is 95.9 Å². The average Bonchev–Trinajstić information content (AvgIpc) is 1.49. The number of benzene rings is 3. The number of carbonyl (C=O) groups is 16. The quantitative estimate of drug-likeness (QED) is 0.00754. The number of carboxylic acids is 4. The summed E-state index contributed by atoms with van der Waals surface area (Å²) < 4.78 is 10.9. The molecule has 0 bridgehead atoms. The molecule has 2 heterocycles. The fourth-order valence-electron chi connectivity index (χ4n) is 13.4. The Kier molecular flexibility index (Phi) is 47.7. The Hall–Kier alpha value is -11.3. The molecule has 1 unspecified atom stereocenters. The van der Waals surface area contributed by atoms with Crippen LogP contribution in [0.2, 0.25) is 0 Å². The lowest BCUT2D eigenvalue weighted by Gasteiger charge is -2.39. The lowest BCUT2D eigenvalue weighted by molar-refractivity contribution is -0.159. The molecular formula is C85H122N16O24S4. The van der Waals surface area contributed by atoms with Gasteiger partial charge in [0.1, 0.15) is 71.5 Å². The number of nitrogens with zero attached hydrogens (tertiary/aromatic N) is 3. The number of ether oxygens (including phenoxy) is 2. The summed E-state index contributed by atoms with van der Waals surface area (Å²) >= 11 is 6.05. The number of carbonyl (C=O) groups excluding carboxylic acids is 12. The van der Waals surface area contributed by atoms with Crippen molar-refractivity contribution in [3.63, 3.8) is 0 Å². The molecule has 3 aromatic carbocycles. The standard InChI is InChI=1S/C85H122N16O24S4/c1-9-19-71(110)125-47-101(81(118)72(49(5)10-2)97-79(117)64-24-17-18-35-100(64)8)65(48(3)4)43-66(103)80-94-63(46-127-80)78(116)90-55(39-54-25-27-56(102)28-26-54)38-50(6)73(111)98-99-85(123)124-36-37-128-129-45-51(7)89-76(114)62(42-70(108)109)92-74(112)57(86)44-88-75(113)60(40-52-20-13-11-14-21-52)93-77(115)61(41-53-22-15-12-16-23-53)91-68(105)33-34-87-67(104)31-29-58(82(119)120)95-84(126)96-59(83(121)122)30-32-69(106)107/h11-16,20-23,25-28,46,48-51,55,57-62,64-66,72,102-103H,9-10,17-19,24,29-45,47,86H2,1-8H3,(H,87,104)(H,88,113)(H,89,114)(H,90,116)(H,91,105)(H,92,112)(H,93,115)(H,97,117)(H,98,111)(H,99,123)(H,106,107)(H,108,109)(H,119,120)(H,121,122)(H2,95,96,126)/t49?,50-,51-,55+,57-,58-,59-,60-,61-,62-,64+,65+,66+,72-/m0/s1. The van der Waals surface area contributed by atoms with Crippen LogP contribution < -0.4 is 69.8 Å². The van der Waals surface area contributed by atoms with Gasteiger partial charge in [0.2, 0.25) is 53.2 Å². The number of aliphatic carboxylic acids is 4. The monoisotopic (exact) mass is 1880 g/mol. The first-order chi connectivity index (χ1) is 61.2. The molecule has 0 saturated carbocycles. The molecule has 1 aliphatic heterocycles. The molecule has 20 N–H and O–H groups in total. The number of phenols is 1. The summed E-state index contributed by atoms with van der Waals surface area (Å²) in [5, 5.41) is 87.0. The minimum Gasteiger partial charge on any atom is -0.508 e. The van der Waals surface area contributed by atoms with Crippen molar-refractivity contribution in [3.8, 4) is 5.75 Å². The number of thiocarbonyl (C=S) groups is 1. The number of aromatic nitrogens is 1. The van der Waals surface area contributed by atoms with Crippen LogP contribution in [0.25, 0.3) is 0 Å². The lowest BCUT2D eigenvalue weighted by Crippen LogP contribution is -2.59. The van der Waals surface area contributed by atoms with Gasteiger partial charge in [0, 0.05) is 99.0 Å². The molecule has 0 spiro atoms. The van der Waals surface area contributed by atoms with E-state index in [4.69, 9.17) is 32.5 Å². The van der Waals surface area contributed by atoms with Crippen molar-refractivity contribution in [2.45, 2.75) is 230 Å². The van der Waals surface area contributed by atoms with Gasteiger partial charge in [0.15, 0.2) is 11.8 Å². The number of carboxylic acid groups (broad SMARTS) is 4. The van der Waals surface area contributed by atoms with Crippen molar-refractivity contribution in [3.05, 3.63) is 118 Å². The van der Waals surface area contributed by atoms with Crippen LogP contribution in [-0.4, -0.2) is 264 Å². The predicted molar refractivity (Wildman–Crippen MR) is 481 cm³/mol. The van der Waals surface area contributed by atoms with E-state index in [1.807, 2.05) is 46.6 Å². The molecule has 5 rings (SSSR count). The second-order valence-corrected chi connectivity index (χ2v) is 35.6. The number of hydrogen-bond donors (Lipinski definition) is 19. The third kappa shape index (κ3) is 40.1. The molecule has 1 aliphatic rings. The number of aliphatic hydroxyl groups excluding tert-OH is 1. The normalized spacial score (nSPS) is 15.5. The highest BCUT2D eigenvalue weighted by Gasteiger charge is 2.40. The molecular weight excluding hydrogens is 1760 g/mol. The van der Waals surface area contributed by atoms with Crippen LogP contribution >= 0.6 is 45.1 Å². The van der Waals surface area contributed by atoms with Crippen molar-refractivity contribution < 1.29 is 117 Å². The Balaban J connectivity index is 1.09. The Morgan fingerprint density at radius 3 is 1.82 bits per heavy atom. The van der Waals surface area contributed by atoms with E-state index in [0.29, 0.717) is 36.0 Å². The molecule has 1 fully saturated rings.